The summed E-state index contributed by atoms with van der Waals surface area (Å²) >= 11 is 0. The number of carbonyl (C=O) groups excluding carboxylic acids is 4. The summed E-state index contributed by atoms with van der Waals surface area (Å²) in [6.45, 7) is 1.43. The number of nitro groups is 1. The van der Waals surface area contributed by atoms with Crippen LogP contribution < -0.4 is 4.90 Å². The number of Topliss-reactive ketones (excluding diaryl/α,β-unsaturated/α-hetero) is 2. The Morgan fingerprint density at radius 1 is 0.842 bits per heavy atom. The van der Waals surface area contributed by atoms with E-state index in [9.17, 15) is 29.3 Å². The van der Waals surface area contributed by atoms with Gasteiger partial charge in [-0.1, -0.05) is 24.3 Å². The standard InChI is InChI=1S/C29H21N3O6/c1-16(33)17-6-10-20(11-7-17)31-28(35)23-24(29(31)36)26(27(34)19-8-12-21(13-9-19)32(37)38)30-15-14-18-4-2-3-5-22(18)25(23)30/h2-15,23-26H,1H3/t23-,24-,25+,26+/m1/s1. The molecule has 9 heteroatoms. The van der Waals surface area contributed by atoms with E-state index in [0.717, 1.165) is 16.0 Å². The predicted molar refractivity (Wildman–Crippen MR) is 137 cm³/mol. The molecule has 3 aromatic carbocycles. The number of anilines is 1. The molecule has 3 aliphatic rings. The Bertz CT molecular complexity index is 1560. The molecule has 9 nitrogen and oxygen atoms in total. The topological polar surface area (TPSA) is 118 Å². The van der Waals surface area contributed by atoms with Crippen LogP contribution in [0, 0.1) is 22.0 Å². The number of ketones is 2. The first kappa shape index (κ1) is 23.5. The van der Waals surface area contributed by atoms with Crippen molar-refractivity contribution in [2.75, 3.05) is 4.90 Å². The Hall–Kier alpha value is -4.92. The van der Waals surface area contributed by atoms with Crippen LogP contribution in [0.2, 0.25) is 0 Å². The van der Waals surface area contributed by atoms with Crippen molar-refractivity contribution >= 4 is 40.8 Å². The van der Waals surface area contributed by atoms with Crippen LogP contribution in [0.15, 0.2) is 79.0 Å². The molecule has 0 aromatic heterocycles. The molecular formula is C29H21N3O6. The van der Waals surface area contributed by atoms with Crippen molar-refractivity contribution in [3.05, 3.63) is 111 Å². The van der Waals surface area contributed by atoms with E-state index in [-0.39, 0.29) is 17.0 Å². The summed E-state index contributed by atoms with van der Waals surface area (Å²) in [5.41, 5.74) is 2.61. The first-order valence-electron chi connectivity index (χ1n) is 12.1. The molecule has 0 bridgehead atoms. The number of rotatable bonds is 5. The lowest BCUT2D eigenvalue weighted by molar-refractivity contribution is -0.384. The van der Waals surface area contributed by atoms with E-state index in [4.69, 9.17) is 0 Å². The van der Waals surface area contributed by atoms with Gasteiger partial charge in [-0.25, -0.2) is 4.90 Å². The second-order valence-corrected chi connectivity index (χ2v) is 9.62. The highest BCUT2D eigenvalue weighted by molar-refractivity contribution is 6.24. The van der Waals surface area contributed by atoms with E-state index < -0.39 is 46.4 Å². The molecular weight excluding hydrogens is 486 g/mol. The predicted octanol–water partition coefficient (Wildman–Crippen LogP) is 4.20. The van der Waals surface area contributed by atoms with E-state index in [1.807, 2.05) is 30.3 Å². The summed E-state index contributed by atoms with van der Waals surface area (Å²) in [6, 6.07) is 17.6. The summed E-state index contributed by atoms with van der Waals surface area (Å²) in [5.74, 6) is -3.20. The monoisotopic (exact) mass is 507 g/mol. The maximum atomic E-state index is 13.9. The van der Waals surface area contributed by atoms with Crippen molar-refractivity contribution in [1.29, 1.82) is 0 Å². The summed E-state index contributed by atoms with van der Waals surface area (Å²) < 4.78 is 0. The molecule has 3 aromatic rings. The normalized spacial score (nSPS) is 23.2. The number of imide groups is 1. The van der Waals surface area contributed by atoms with Crippen molar-refractivity contribution in [3.63, 3.8) is 0 Å². The van der Waals surface area contributed by atoms with Gasteiger partial charge in [0.1, 0.15) is 6.04 Å². The largest absolute Gasteiger partial charge is 0.358 e. The van der Waals surface area contributed by atoms with Gasteiger partial charge in [0.2, 0.25) is 11.8 Å². The van der Waals surface area contributed by atoms with Crippen molar-refractivity contribution in [2.24, 2.45) is 11.8 Å². The average Bonchev–Trinajstić information content (AvgIpc) is 3.40. The Balaban J connectivity index is 1.45. The summed E-state index contributed by atoms with van der Waals surface area (Å²) in [7, 11) is 0. The van der Waals surface area contributed by atoms with Gasteiger partial charge in [-0.2, -0.15) is 0 Å². The van der Waals surface area contributed by atoms with E-state index in [0.29, 0.717) is 11.3 Å². The highest BCUT2D eigenvalue weighted by atomic mass is 16.6. The van der Waals surface area contributed by atoms with Crippen LogP contribution >= 0.6 is 0 Å². The lowest BCUT2D eigenvalue weighted by Crippen LogP contribution is -2.44. The van der Waals surface area contributed by atoms with Crippen LogP contribution in [-0.4, -0.2) is 39.2 Å². The van der Waals surface area contributed by atoms with E-state index >= 15 is 0 Å². The average molecular weight is 508 g/mol. The van der Waals surface area contributed by atoms with Gasteiger partial charge in [-0.15, -0.1) is 0 Å². The molecule has 3 aliphatic heterocycles. The van der Waals surface area contributed by atoms with Crippen LogP contribution in [-0.2, 0) is 9.59 Å². The van der Waals surface area contributed by atoms with Crippen molar-refractivity contribution in [1.82, 2.24) is 4.90 Å². The van der Waals surface area contributed by atoms with Gasteiger partial charge in [0.25, 0.3) is 5.69 Å². The van der Waals surface area contributed by atoms with Gasteiger partial charge >= 0.3 is 0 Å². The molecule has 6 rings (SSSR count). The number of nitro benzene ring substituents is 1. The zero-order valence-electron chi connectivity index (χ0n) is 20.2. The third-order valence-corrected chi connectivity index (χ3v) is 7.62. The quantitative estimate of drug-likeness (QED) is 0.220. The number of amides is 2. The molecule has 0 spiro atoms. The highest BCUT2D eigenvalue weighted by Gasteiger charge is 2.64. The zero-order chi connectivity index (χ0) is 26.7. The van der Waals surface area contributed by atoms with E-state index in [1.165, 1.54) is 31.2 Å². The lowest BCUT2D eigenvalue weighted by Gasteiger charge is -2.35. The fraction of sp³-hybridized carbons (Fsp3) is 0.172. The van der Waals surface area contributed by atoms with Gasteiger partial charge in [-0.05, 0) is 60.5 Å². The molecule has 2 amide bonds. The van der Waals surface area contributed by atoms with Gasteiger partial charge < -0.3 is 4.90 Å². The van der Waals surface area contributed by atoms with Crippen LogP contribution in [0.5, 0.6) is 0 Å². The van der Waals surface area contributed by atoms with Gasteiger partial charge in [0.05, 0.1) is 28.5 Å². The molecule has 2 fully saturated rings. The van der Waals surface area contributed by atoms with Crippen LogP contribution in [0.4, 0.5) is 11.4 Å². The Labute approximate surface area is 217 Å². The zero-order valence-corrected chi connectivity index (χ0v) is 20.2. The Morgan fingerprint density at radius 3 is 2.13 bits per heavy atom. The molecule has 2 saturated heterocycles. The molecule has 38 heavy (non-hydrogen) atoms. The summed E-state index contributed by atoms with van der Waals surface area (Å²) in [6.07, 6.45) is 3.61. The van der Waals surface area contributed by atoms with Crippen LogP contribution in [0.25, 0.3) is 6.08 Å². The SMILES string of the molecule is CC(=O)c1ccc(N2C(=O)[C@@H]3[C@@H](C2=O)[C@@H]2c4ccccc4C=CN2[C@@H]3C(=O)c2ccc([N+](=O)[O-])cc2)cc1. The number of nitrogens with zero attached hydrogens (tertiary/aromatic N) is 3. The van der Waals surface area contributed by atoms with Gasteiger partial charge in [0.15, 0.2) is 11.6 Å². The third kappa shape index (κ3) is 3.39. The number of hydrogen-bond acceptors (Lipinski definition) is 7. The third-order valence-electron chi connectivity index (χ3n) is 7.62. The number of benzene rings is 3. The van der Waals surface area contributed by atoms with Gasteiger partial charge in [-0.3, -0.25) is 29.3 Å². The smallest absolute Gasteiger partial charge is 0.269 e. The number of non-ortho nitro benzene ring substituents is 1. The minimum atomic E-state index is -0.978. The minimum absolute atomic E-state index is 0.137. The molecule has 0 N–H and O–H groups in total. The molecule has 188 valence electrons. The molecule has 0 saturated carbocycles. The second kappa shape index (κ2) is 8.58. The fourth-order valence-corrected chi connectivity index (χ4v) is 5.87. The van der Waals surface area contributed by atoms with Crippen molar-refractivity contribution in [3.8, 4) is 0 Å². The molecule has 0 aliphatic carbocycles. The number of hydrogen-bond donors (Lipinski definition) is 0. The van der Waals surface area contributed by atoms with Crippen molar-refractivity contribution < 1.29 is 24.1 Å². The lowest BCUT2D eigenvalue weighted by atomic mass is 9.83. The number of fused-ring (bicyclic) bond motifs is 5. The molecule has 0 radical (unpaired) electrons. The Kier molecular flexibility index (Phi) is 5.30. The highest BCUT2D eigenvalue weighted by Crippen LogP contribution is 2.53. The maximum Gasteiger partial charge on any atom is 0.269 e. The second-order valence-electron chi connectivity index (χ2n) is 9.62. The van der Waals surface area contributed by atoms with E-state index in [2.05, 4.69) is 0 Å². The number of carbonyl (C=O) groups is 4. The molecule has 3 heterocycles. The fourth-order valence-electron chi connectivity index (χ4n) is 5.87. The first-order valence-corrected chi connectivity index (χ1v) is 12.1. The molecule has 0 unspecified atom stereocenters. The van der Waals surface area contributed by atoms with Crippen LogP contribution in [0.1, 0.15) is 44.8 Å². The summed E-state index contributed by atoms with van der Waals surface area (Å²) in [4.78, 5) is 66.9. The molecule has 4 atom stereocenters. The van der Waals surface area contributed by atoms with E-state index in [1.54, 1.807) is 35.4 Å². The minimum Gasteiger partial charge on any atom is -0.358 e. The Morgan fingerprint density at radius 2 is 1.47 bits per heavy atom. The van der Waals surface area contributed by atoms with Gasteiger partial charge in [0, 0.05) is 29.5 Å². The first-order chi connectivity index (χ1) is 18.3. The maximum absolute atomic E-state index is 13.9. The van der Waals surface area contributed by atoms with Crippen molar-refractivity contribution in [2.45, 2.75) is 19.0 Å². The summed E-state index contributed by atoms with van der Waals surface area (Å²) in [5, 5.41) is 11.1. The van der Waals surface area contributed by atoms with Crippen LogP contribution in [0.3, 0.4) is 0 Å².